The molecule has 0 saturated heterocycles. The summed E-state index contributed by atoms with van der Waals surface area (Å²) in [4.78, 5) is 21.0. The lowest BCUT2D eigenvalue weighted by Crippen LogP contribution is -2.36. The predicted octanol–water partition coefficient (Wildman–Crippen LogP) is 2.74. The van der Waals surface area contributed by atoms with E-state index < -0.39 is 40.1 Å². The molecule has 0 fully saturated rings. The SMILES string of the molecule is N#Cc1cccc(C(F)(F)F)c1N(C(=O)O)C(=O)O. The molecule has 0 saturated carbocycles. The zero-order valence-corrected chi connectivity index (χ0v) is 8.97. The van der Waals surface area contributed by atoms with Crippen LogP contribution < -0.4 is 4.90 Å². The van der Waals surface area contributed by atoms with Crippen LogP contribution in [0.4, 0.5) is 28.4 Å². The van der Waals surface area contributed by atoms with E-state index in [1.54, 1.807) is 0 Å². The van der Waals surface area contributed by atoms with Crippen LogP contribution in [0.5, 0.6) is 0 Å². The molecule has 19 heavy (non-hydrogen) atoms. The number of hydrogen-bond acceptors (Lipinski definition) is 3. The van der Waals surface area contributed by atoms with Gasteiger partial charge in [0.1, 0.15) is 6.07 Å². The summed E-state index contributed by atoms with van der Waals surface area (Å²) in [6, 6.07) is 3.60. The van der Waals surface area contributed by atoms with Gasteiger partial charge in [-0.15, -0.1) is 0 Å². The van der Waals surface area contributed by atoms with Crippen molar-refractivity contribution in [2.75, 3.05) is 4.90 Å². The average Bonchev–Trinajstić information content (AvgIpc) is 2.26. The molecule has 9 heteroatoms. The standard InChI is InChI=1S/C10H5F3N2O4/c11-10(12,13)6-3-1-2-5(4-14)7(6)15(8(16)17)9(18)19/h1-3H,(H,16,17)(H,18,19). The summed E-state index contributed by atoms with van der Waals surface area (Å²) >= 11 is 0. The van der Waals surface area contributed by atoms with Gasteiger partial charge in [-0.05, 0) is 12.1 Å². The van der Waals surface area contributed by atoms with Gasteiger partial charge >= 0.3 is 18.4 Å². The van der Waals surface area contributed by atoms with Gasteiger partial charge in [0.15, 0.2) is 0 Å². The van der Waals surface area contributed by atoms with Crippen LogP contribution in [0.3, 0.4) is 0 Å². The third-order valence-electron chi connectivity index (χ3n) is 2.07. The third-order valence-corrected chi connectivity index (χ3v) is 2.07. The minimum absolute atomic E-state index is 0.495. The van der Waals surface area contributed by atoms with Gasteiger partial charge in [0.2, 0.25) is 0 Å². The Morgan fingerprint density at radius 3 is 2.11 bits per heavy atom. The second-order valence-electron chi connectivity index (χ2n) is 3.21. The first-order valence-corrected chi connectivity index (χ1v) is 4.56. The first-order valence-electron chi connectivity index (χ1n) is 4.56. The molecular weight excluding hydrogens is 269 g/mol. The van der Waals surface area contributed by atoms with E-state index in [-0.39, 0.29) is 0 Å². The van der Waals surface area contributed by atoms with Crippen LogP contribution in [-0.2, 0) is 6.18 Å². The number of imide groups is 1. The predicted molar refractivity (Wildman–Crippen MR) is 54.7 cm³/mol. The van der Waals surface area contributed by atoms with Gasteiger partial charge in [0.25, 0.3) is 0 Å². The Balaban J connectivity index is 3.68. The molecule has 100 valence electrons. The Morgan fingerprint density at radius 2 is 1.74 bits per heavy atom. The fraction of sp³-hybridized carbons (Fsp3) is 0.100. The Bertz CT molecular complexity index is 563. The lowest BCUT2D eigenvalue weighted by Gasteiger charge is -2.20. The summed E-state index contributed by atoms with van der Waals surface area (Å²) in [5.41, 5.74) is -3.45. The first kappa shape index (κ1) is 14.3. The number of alkyl halides is 3. The number of nitriles is 1. The van der Waals surface area contributed by atoms with E-state index in [9.17, 15) is 22.8 Å². The number of benzene rings is 1. The maximum Gasteiger partial charge on any atom is 0.421 e. The van der Waals surface area contributed by atoms with Crippen molar-refractivity contribution in [3.05, 3.63) is 29.3 Å². The number of carboxylic acid groups (broad SMARTS) is 2. The van der Waals surface area contributed by atoms with Crippen molar-refractivity contribution in [3.8, 4) is 6.07 Å². The van der Waals surface area contributed by atoms with E-state index in [0.29, 0.717) is 6.07 Å². The zero-order valence-electron chi connectivity index (χ0n) is 8.97. The van der Waals surface area contributed by atoms with E-state index in [0.717, 1.165) is 12.1 Å². The molecule has 2 N–H and O–H groups in total. The smallest absolute Gasteiger partial charge is 0.421 e. The number of rotatable bonds is 1. The highest BCUT2D eigenvalue weighted by Crippen LogP contribution is 2.38. The Morgan fingerprint density at radius 1 is 1.21 bits per heavy atom. The second-order valence-corrected chi connectivity index (χ2v) is 3.21. The topological polar surface area (TPSA) is 102 Å². The van der Waals surface area contributed by atoms with Crippen LogP contribution in [-0.4, -0.2) is 22.4 Å². The molecule has 0 spiro atoms. The average molecular weight is 274 g/mol. The van der Waals surface area contributed by atoms with Gasteiger partial charge in [0, 0.05) is 0 Å². The van der Waals surface area contributed by atoms with Crippen molar-refractivity contribution in [1.29, 1.82) is 5.26 Å². The molecule has 0 aliphatic carbocycles. The highest BCUT2D eigenvalue weighted by atomic mass is 19.4. The van der Waals surface area contributed by atoms with Crippen LogP contribution in [0.2, 0.25) is 0 Å². The van der Waals surface area contributed by atoms with Gasteiger partial charge in [-0.1, -0.05) is 6.07 Å². The molecule has 1 aromatic rings. The van der Waals surface area contributed by atoms with Gasteiger partial charge in [-0.2, -0.15) is 23.3 Å². The van der Waals surface area contributed by atoms with Crippen molar-refractivity contribution in [2.45, 2.75) is 6.18 Å². The van der Waals surface area contributed by atoms with E-state index >= 15 is 0 Å². The number of nitrogens with zero attached hydrogens (tertiary/aromatic N) is 2. The van der Waals surface area contributed by atoms with E-state index in [1.165, 1.54) is 6.07 Å². The largest absolute Gasteiger partial charge is 0.464 e. The van der Waals surface area contributed by atoms with Crippen molar-refractivity contribution in [1.82, 2.24) is 0 Å². The van der Waals surface area contributed by atoms with E-state index in [4.69, 9.17) is 15.5 Å². The molecule has 2 amide bonds. The molecule has 0 aliphatic heterocycles. The van der Waals surface area contributed by atoms with Gasteiger partial charge in [0.05, 0.1) is 16.8 Å². The van der Waals surface area contributed by atoms with Crippen LogP contribution >= 0.6 is 0 Å². The van der Waals surface area contributed by atoms with Crippen molar-refractivity contribution in [2.24, 2.45) is 0 Å². The molecule has 0 bridgehead atoms. The summed E-state index contributed by atoms with van der Waals surface area (Å²) in [7, 11) is 0. The summed E-state index contributed by atoms with van der Waals surface area (Å²) in [5, 5.41) is 26.0. The number of carbonyl (C=O) groups is 2. The first-order chi connectivity index (χ1) is 8.70. The molecule has 1 rings (SSSR count). The normalized spacial score (nSPS) is 10.6. The maximum atomic E-state index is 12.7. The summed E-state index contributed by atoms with van der Waals surface area (Å²) in [5.74, 6) is 0. The van der Waals surface area contributed by atoms with Crippen LogP contribution in [0.25, 0.3) is 0 Å². The monoisotopic (exact) mass is 274 g/mol. The fourth-order valence-corrected chi connectivity index (χ4v) is 1.38. The minimum atomic E-state index is -4.99. The minimum Gasteiger partial charge on any atom is -0.464 e. The quantitative estimate of drug-likeness (QED) is 0.819. The van der Waals surface area contributed by atoms with Gasteiger partial charge < -0.3 is 10.2 Å². The number of amides is 2. The van der Waals surface area contributed by atoms with Crippen LogP contribution in [0.1, 0.15) is 11.1 Å². The summed E-state index contributed by atoms with van der Waals surface area (Å²) in [6.07, 6.45) is -9.27. The van der Waals surface area contributed by atoms with Crippen LogP contribution in [0.15, 0.2) is 18.2 Å². The van der Waals surface area contributed by atoms with Crippen molar-refractivity contribution < 1.29 is 33.0 Å². The molecular formula is C10H5F3N2O4. The van der Waals surface area contributed by atoms with Gasteiger partial charge in [-0.3, -0.25) is 0 Å². The molecule has 0 aliphatic rings. The fourth-order valence-electron chi connectivity index (χ4n) is 1.38. The number of hydrogen-bond donors (Lipinski definition) is 2. The van der Waals surface area contributed by atoms with Crippen LogP contribution in [0, 0.1) is 11.3 Å². The summed E-state index contributed by atoms with van der Waals surface area (Å²) < 4.78 is 38.2. The van der Waals surface area contributed by atoms with E-state index in [2.05, 4.69) is 0 Å². The lowest BCUT2D eigenvalue weighted by molar-refractivity contribution is -0.137. The Labute approximate surface area is 103 Å². The van der Waals surface area contributed by atoms with Crippen molar-refractivity contribution in [3.63, 3.8) is 0 Å². The molecule has 0 heterocycles. The Kier molecular flexibility index (Phi) is 3.65. The van der Waals surface area contributed by atoms with E-state index in [1.807, 2.05) is 0 Å². The molecule has 1 aromatic carbocycles. The number of anilines is 1. The molecule has 0 unspecified atom stereocenters. The molecule has 0 aromatic heterocycles. The molecule has 0 atom stereocenters. The maximum absolute atomic E-state index is 12.7. The highest BCUT2D eigenvalue weighted by Gasteiger charge is 2.39. The number of halogens is 3. The second kappa shape index (κ2) is 4.85. The highest BCUT2D eigenvalue weighted by molar-refractivity contribution is 6.09. The van der Waals surface area contributed by atoms with Gasteiger partial charge in [-0.25, -0.2) is 9.59 Å². The Hall–Kier alpha value is -2.76. The summed E-state index contributed by atoms with van der Waals surface area (Å²) in [6.45, 7) is 0. The lowest BCUT2D eigenvalue weighted by atomic mass is 10.1. The van der Waals surface area contributed by atoms with Crippen molar-refractivity contribution >= 4 is 17.9 Å². The number of para-hydroxylation sites is 1. The third kappa shape index (κ3) is 2.74. The zero-order chi connectivity index (χ0) is 14.8. The molecule has 6 nitrogen and oxygen atoms in total. The molecule has 0 radical (unpaired) electrons.